The van der Waals surface area contributed by atoms with Gasteiger partial charge >= 0.3 is 0 Å². The third-order valence-corrected chi connectivity index (χ3v) is 3.95. The molecule has 0 saturated carbocycles. The SMILES string of the molecule is Cc1ccccc1C(O)c1c(C)ccc2ccccc12. The van der Waals surface area contributed by atoms with Gasteiger partial charge in [0.2, 0.25) is 0 Å². The summed E-state index contributed by atoms with van der Waals surface area (Å²) in [6.07, 6.45) is -0.581. The monoisotopic (exact) mass is 262 g/mol. The molecule has 0 spiro atoms. The molecular formula is C19H18O. The number of aryl methyl sites for hydroxylation is 2. The predicted octanol–water partition coefficient (Wildman–Crippen LogP) is 4.54. The van der Waals surface area contributed by atoms with Gasteiger partial charge in [0.15, 0.2) is 0 Å². The van der Waals surface area contributed by atoms with Gasteiger partial charge in [-0.1, -0.05) is 60.7 Å². The van der Waals surface area contributed by atoms with Crippen LogP contribution >= 0.6 is 0 Å². The van der Waals surface area contributed by atoms with Crippen LogP contribution in [0, 0.1) is 13.8 Å². The van der Waals surface area contributed by atoms with Gasteiger partial charge in [-0.25, -0.2) is 0 Å². The molecule has 0 aliphatic rings. The summed E-state index contributed by atoms with van der Waals surface area (Å²) in [5, 5.41) is 13.1. The van der Waals surface area contributed by atoms with Crippen molar-refractivity contribution in [2.24, 2.45) is 0 Å². The molecule has 0 aliphatic carbocycles. The summed E-state index contributed by atoms with van der Waals surface area (Å²) in [6, 6.07) is 20.4. The Balaban J connectivity index is 2.24. The number of aliphatic hydroxyl groups excluding tert-OH is 1. The van der Waals surface area contributed by atoms with Crippen LogP contribution in [0.25, 0.3) is 10.8 Å². The normalized spacial score (nSPS) is 12.6. The molecule has 1 N–H and O–H groups in total. The van der Waals surface area contributed by atoms with Gasteiger partial charge in [0.05, 0.1) is 0 Å². The first kappa shape index (κ1) is 12.9. The summed E-state index contributed by atoms with van der Waals surface area (Å²) in [5.74, 6) is 0. The largest absolute Gasteiger partial charge is 0.384 e. The Hall–Kier alpha value is -2.12. The highest BCUT2D eigenvalue weighted by atomic mass is 16.3. The molecule has 100 valence electrons. The van der Waals surface area contributed by atoms with E-state index in [2.05, 4.69) is 31.2 Å². The lowest BCUT2D eigenvalue weighted by Gasteiger charge is -2.18. The summed E-state index contributed by atoms with van der Waals surface area (Å²) in [4.78, 5) is 0. The fourth-order valence-corrected chi connectivity index (χ4v) is 2.82. The Morgan fingerprint density at radius 2 is 1.45 bits per heavy atom. The second-order valence-corrected chi connectivity index (χ2v) is 5.28. The molecule has 20 heavy (non-hydrogen) atoms. The molecule has 1 nitrogen and oxygen atoms in total. The van der Waals surface area contributed by atoms with Crippen molar-refractivity contribution in [2.45, 2.75) is 20.0 Å². The van der Waals surface area contributed by atoms with Gasteiger partial charge in [-0.3, -0.25) is 0 Å². The number of hydrogen-bond acceptors (Lipinski definition) is 1. The Kier molecular flexibility index (Phi) is 3.29. The summed E-state index contributed by atoms with van der Waals surface area (Å²) >= 11 is 0. The maximum atomic E-state index is 10.9. The molecule has 0 amide bonds. The van der Waals surface area contributed by atoms with Crippen molar-refractivity contribution in [1.29, 1.82) is 0 Å². The zero-order chi connectivity index (χ0) is 14.1. The first-order valence-corrected chi connectivity index (χ1v) is 6.90. The van der Waals surface area contributed by atoms with Crippen LogP contribution in [-0.2, 0) is 0 Å². The van der Waals surface area contributed by atoms with Gasteiger partial charge in [-0.15, -0.1) is 0 Å². The zero-order valence-electron chi connectivity index (χ0n) is 11.8. The van der Waals surface area contributed by atoms with E-state index in [4.69, 9.17) is 0 Å². The molecule has 1 atom stereocenters. The van der Waals surface area contributed by atoms with E-state index in [-0.39, 0.29) is 0 Å². The second kappa shape index (κ2) is 5.10. The molecule has 0 radical (unpaired) electrons. The third-order valence-electron chi connectivity index (χ3n) is 3.95. The van der Waals surface area contributed by atoms with E-state index in [1.165, 1.54) is 5.39 Å². The zero-order valence-corrected chi connectivity index (χ0v) is 11.8. The maximum Gasteiger partial charge on any atom is 0.105 e. The van der Waals surface area contributed by atoms with Gasteiger partial charge < -0.3 is 5.11 Å². The Morgan fingerprint density at radius 3 is 2.25 bits per heavy atom. The highest BCUT2D eigenvalue weighted by Gasteiger charge is 2.17. The molecule has 1 unspecified atom stereocenters. The van der Waals surface area contributed by atoms with E-state index in [1.54, 1.807) is 0 Å². The summed E-state index contributed by atoms with van der Waals surface area (Å²) in [7, 11) is 0. The van der Waals surface area contributed by atoms with E-state index in [9.17, 15) is 5.11 Å². The van der Waals surface area contributed by atoms with Crippen molar-refractivity contribution in [3.63, 3.8) is 0 Å². The fraction of sp³-hybridized carbons (Fsp3) is 0.158. The van der Waals surface area contributed by atoms with Crippen LogP contribution in [0.1, 0.15) is 28.4 Å². The van der Waals surface area contributed by atoms with Crippen LogP contribution in [0.4, 0.5) is 0 Å². The molecule has 0 fully saturated rings. The van der Waals surface area contributed by atoms with Gasteiger partial charge in [-0.2, -0.15) is 0 Å². The molecule has 0 bridgehead atoms. The van der Waals surface area contributed by atoms with Crippen molar-refractivity contribution in [2.75, 3.05) is 0 Å². The lowest BCUT2D eigenvalue weighted by Crippen LogP contribution is -2.04. The van der Waals surface area contributed by atoms with Gasteiger partial charge in [0.25, 0.3) is 0 Å². The number of aliphatic hydroxyl groups is 1. The first-order valence-electron chi connectivity index (χ1n) is 6.90. The maximum absolute atomic E-state index is 10.9. The molecule has 1 heteroatoms. The van der Waals surface area contributed by atoms with Crippen molar-refractivity contribution in [3.05, 3.63) is 82.9 Å². The molecule has 0 aromatic heterocycles. The highest BCUT2D eigenvalue weighted by molar-refractivity contribution is 5.87. The van der Waals surface area contributed by atoms with E-state index in [0.717, 1.165) is 27.6 Å². The molecule has 3 aromatic carbocycles. The minimum atomic E-state index is -0.581. The molecule has 0 heterocycles. The Morgan fingerprint density at radius 1 is 0.750 bits per heavy atom. The first-order chi connectivity index (χ1) is 9.68. The number of hydrogen-bond donors (Lipinski definition) is 1. The van der Waals surface area contributed by atoms with E-state index in [1.807, 2.05) is 43.3 Å². The standard InChI is InChI=1S/C19H18O/c1-13-7-3-5-9-16(13)19(20)18-14(2)11-12-15-8-4-6-10-17(15)18/h3-12,19-20H,1-2H3. The van der Waals surface area contributed by atoms with Crippen LogP contribution in [0.15, 0.2) is 60.7 Å². The summed E-state index contributed by atoms with van der Waals surface area (Å²) in [6.45, 7) is 4.10. The van der Waals surface area contributed by atoms with Gasteiger partial charge in [0, 0.05) is 0 Å². The third kappa shape index (κ3) is 2.10. The molecular weight excluding hydrogens is 244 g/mol. The number of rotatable bonds is 2. The van der Waals surface area contributed by atoms with Crippen molar-refractivity contribution in [1.82, 2.24) is 0 Å². The van der Waals surface area contributed by atoms with Crippen LogP contribution in [0.3, 0.4) is 0 Å². The van der Waals surface area contributed by atoms with Crippen LogP contribution in [0.2, 0.25) is 0 Å². The average Bonchev–Trinajstić information content (AvgIpc) is 2.47. The predicted molar refractivity (Wildman–Crippen MR) is 83.9 cm³/mol. The fourth-order valence-electron chi connectivity index (χ4n) is 2.82. The minimum absolute atomic E-state index is 0.581. The highest BCUT2D eigenvalue weighted by Crippen LogP contribution is 2.32. The quantitative estimate of drug-likeness (QED) is 0.719. The van der Waals surface area contributed by atoms with Crippen LogP contribution in [-0.4, -0.2) is 5.11 Å². The molecule has 3 rings (SSSR count). The van der Waals surface area contributed by atoms with Gasteiger partial charge in [-0.05, 0) is 46.9 Å². The van der Waals surface area contributed by atoms with Crippen LogP contribution < -0.4 is 0 Å². The van der Waals surface area contributed by atoms with E-state index >= 15 is 0 Å². The Labute approximate surface area is 119 Å². The molecule has 3 aromatic rings. The molecule has 0 saturated heterocycles. The van der Waals surface area contributed by atoms with Crippen LogP contribution in [0.5, 0.6) is 0 Å². The average molecular weight is 262 g/mol. The molecule has 0 aliphatic heterocycles. The van der Waals surface area contributed by atoms with E-state index < -0.39 is 6.10 Å². The van der Waals surface area contributed by atoms with Crippen molar-refractivity contribution in [3.8, 4) is 0 Å². The lowest BCUT2D eigenvalue weighted by atomic mass is 9.90. The van der Waals surface area contributed by atoms with Gasteiger partial charge in [0.1, 0.15) is 6.10 Å². The Bertz CT molecular complexity index is 759. The summed E-state index contributed by atoms with van der Waals surface area (Å²) in [5.41, 5.74) is 4.23. The minimum Gasteiger partial charge on any atom is -0.384 e. The number of fused-ring (bicyclic) bond motifs is 1. The summed E-state index contributed by atoms with van der Waals surface area (Å²) < 4.78 is 0. The van der Waals surface area contributed by atoms with E-state index in [0.29, 0.717) is 0 Å². The van der Waals surface area contributed by atoms with Crippen molar-refractivity contribution < 1.29 is 5.11 Å². The second-order valence-electron chi connectivity index (χ2n) is 5.28. The topological polar surface area (TPSA) is 20.2 Å². The van der Waals surface area contributed by atoms with Crippen molar-refractivity contribution >= 4 is 10.8 Å². The smallest absolute Gasteiger partial charge is 0.105 e. The lowest BCUT2D eigenvalue weighted by molar-refractivity contribution is 0.220. The number of benzene rings is 3.